The van der Waals surface area contributed by atoms with Crippen molar-refractivity contribution in [1.82, 2.24) is 20.6 Å². The number of halogens is 3. The molecule has 1 heterocycles. The SMILES string of the molecule is C#CCN(Cc1ccc2nc(C)[nH]c(=O)c2c1)c1ccc(C(=O)N[C@@H](CCC(=O)N[C@H](CCC(=O)O)C(=O)O)C(=O)O)cc1.O=C(O)C(F)(F)F. The van der Waals surface area contributed by atoms with E-state index in [1.807, 2.05) is 11.0 Å². The Morgan fingerprint density at radius 1 is 0.922 bits per heavy atom. The first-order chi connectivity index (χ1) is 23.8. The molecule has 3 rings (SSSR count). The molecule has 0 saturated carbocycles. The number of anilines is 1. The van der Waals surface area contributed by atoms with Crippen LogP contribution in [0.25, 0.3) is 10.9 Å². The minimum atomic E-state index is -5.08. The van der Waals surface area contributed by atoms with Crippen molar-refractivity contribution in [3.63, 3.8) is 0 Å². The molecule has 3 aromatic rings. The van der Waals surface area contributed by atoms with Crippen molar-refractivity contribution in [1.29, 1.82) is 0 Å². The summed E-state index contributed by atoms with van der Waals surface area (Å²) < 4.78 is 31.7. The molecular formula is C32H32F3N5O11. The van der Waals surface area contributed by atoms with Crippen LogP contribution in [0.5, 0.6) is 0 Å². The number of aromatic amines is 1. The van der Waals surface area contributed by atoms with Crippen LogP contribution < -0.4 is 21.1 Å². The van der Waals surface area contributed by atoms with Crippen molar-refractivity contribution < 1.29 is 62.4 Å². The molecular weight excluding hydrogens is 687 g/mol. The number of benzene rings is 2. The topological polar surface area (TPSA) is 256 Å². The Balaban J connectivity index is 0.00000116. The number of aliphatic carboxylic acids is 4. The summed E-state index contributed by atoms with van der Waals surface area (Å²) in [6, 6.07) is 8.65. The van der Waals surface area contributed by atoms with Gasteiger partial charge in [-0.2, -0.15) is 13.2 Å². The fourth-order valence-electron chi connectivity index (χ4n) is 4.36. The number of amides is 2. The van der Waals surface area contributed by atoms with Crippen molar-refractivity contribution in [3.05, 3.63) is 69.8 Å². The van der Waals surface area contributed by atoms with Gasteiger partial charge in [-0.25, -0.2) is 19.4 Å². The maximum atomic E-state index is 12.8. The molecule has 272 valence electrons. The number of H-pyrrole nitrogens is 1. The van der Waals surface area contributed by atoms with Gasteiger partial charge in [0.15, 0.2) is 0 Å². The van der Waals surface area contributed by atoms with Gasteiger partial charge in [0.25, 0.3) is 11.5 Å². The lowest BCUT2D eigenvalue weighted by Crippen LogP contribution is -2.44. The summed E-state index contributed by atoms with van der Waals surface area (Å²) in [6.45, 7) is 2.26. The Morgan fingerprint density at radius 2 is 1.49 bits per heavy atom. The fraction of sp³-hybridized carbons (Fsp3) is 0.312. The molecule has 0 radical (unpaired) electrons. The molecule has 2 atom stereocenters. The first-order valence-corrected chi connectivity index (χ1v) is 14.7. The van der Waals surface area contributed by atoms with Crippen molar-refractivity contribution in [2.45, 2.75) is 57.4 Å². The maximum Gasteiger partial charge on any atom is 0.490 e. The zero-order valence-corrected chi connectivity index (χ0v) is 26.7. The van der Waals surface area contributed by atoms with Crippen molar-refractivity contribution in [3.8, 4) is 12.3 Å². The second kappa shape index (κ2) is 18.4. The van der Waals surface area contributed by atoms with E-state index in [0.29, 0.717) is 29.0 Å². The molecule has 0 aliphatic carbocycles. The lowest BCUT2D eigenvalue weighted by molar-refractivity contribution is -0.192. The highest BCUT2D eigenvalue weighted by atomic mass is 19.4. The number of nitrogens with zero attached hydrogens (tertiary/aromatic N) is 2. The number of carboxylic acid groups (broad SMARTS) is 4. The molecule has 0 saturated heterocycles. The van der Waals surface area contributed by atoms with E-state index in [4.69, 9.17) is 21.4 Å². The number of aryl methyl sites for hydroxylation is 1. The summed E-state index contributed by atoms with van der Waals surface area (Å²) in [4.78, 5) is 88.8. The summed E-state index contributed by atoms with van der Waals surface area (Å²) in [5.74, 6) is -5.24. The number of alkyl halides is 3. The van der Waals surface area contributed by atoms with Crippen LogP contribution in [0, 0.1) is 19.3 Å². The molecule has 0 aliphatic rings. The van der Waals surface area contributed by atoms with Crippen LogP contribution in [0.2, 0.25) is 0 Å². The Kier molecular flexibility index (Phi) is 14.7. The summed E-state index contributed by atoms with van der Waals surface area (Å²) in [5, 5.41) is 39.5. The largest absolute Gasteiger partial charge is 0.490 e. The minimum absolute atomic E-state index is 0.142. The first-order valence-electron chi connectivity index (χ1n) is 14.7. The number of hydrogen-bond acceptors (Lipinski definition) is 9. The molecule has 7 N–H and O–H groups in total. The smallest absolute Gasteiger partial charge is 0.481 e. The number of carbonyl (C=O) groups is 6. The third kappa shape index (κ3) is 13.2. The molecule has 1 aromatic heterocycles. The molecule has 0 bridgehead atoms. The van der Waals surface area contributed by atoms with Gasteiger partial charge in [-0.05, 0) is 61.7 Å². The number of hydrogen-bond donors (Lipinski definition) is 7. The van der Waals surface area contributed by atoms with Crippen molar-refractivity contribution >= 4 is 52.3 Å². The van der Waals surface area contributed by atoms with Gasteiger partial charge in [-0.3, -0.25) is 19.2 Å². The summed E-state index contributed by atoms with van der Waals surface area (Å²) in [7, 11) is 0. The van der Waals surface area contributed by atoms with E-state index in [0.717, 1.165) is 5.56 Å². The average molecular weight is 720 g/mol. The van der Waals surface area contributed by atoms with Gasteiger partial charge >= 0.3 is 30.1 Å². The van der Waals surface area contributed by atoms with Gasteiger partial charge in [0, 0.05) is 30.6 Å². The molecule has 0 spiro atoms. The number of rotatable bonds is 15. The lowest BCUT2D eigenvalue weighted by atomic mass is 10.1. The van der Waals surface area contributed by atoms with Gasteiger partial charge in [-0.15, -0.1) is 6.42 Å². The molecule has 0 unspecified atom stereocenters. The lowest BCUT2D eigenvalue weighted by Gasteiger charge is -2.23. The van der Waals surface area contributed by atoms with Crippen LogP contribution in [0.4, 0.5) is 18.9 Å². The zero-order valence-electron chi connectivity index (χ0n) is 26.7. The molecule has 2 aromatic carbocycles. The average Bonchev–Trinajstić information content (AvgIpc) is 3.04. The number of carboxylic acids is 4. The van der Waals surface area contributed by atoms with Crippen LogP contribution in [-0.2, 0) is 30.5 Å². The summed E-state index contributed by atoms with van der Waals surface area (Å²) in [6.07, 6.45) is -1.10. The van der Waals surface area contributed by atoms with Crippen molar-refractivity contribution in [2.75, 3.05) is 11.4 Å². The standard InChI is InChI=1S/C30H31N5O9.C2HF3O2/c1-3-14-35(16-18-4-9-22-21(15-18)28(40)32-17(2)31-22)20-7-5-19(6-8-20)27(39)34-24(30(43)44)10-12-25(36)33-23(29(41)42)11-13-26(37)38;3-2(4,5)1(6)7/h1,4-9,15,23-24H,10-14,16H2,2H3,(H,33,36)(H,34,39)(H,37,38)(H,41,42)(H,43,44)(H,31,32,40);(H,6,7)/t23-,24+;/m1./s1. The number of carbonyl (C=O) groups excluding carboxylic acids is 2. The van der Waals surface area contributed by atoms with Gasteiger partial charge < -0.3 is 40.9 Å². The van der Waals surface area contributed by atoms with E-state index >= 15 is 0 Å². The molecule has 0 aliphatic heterocycles. The second-order valence-corrected chi connectivity index (χ2v) is 10.7. The molecule has 51 heavy (non-hydrogen) atoms. The Labute approximate surface area is 286 Å². The second-order valence-electron chi connectivity index (χ2n) is 10.7. The Hall–Kier alpha value is -6.45. The van der Waals surface area contributed by atoms with Crippen LogP contribution in [0.15, 0.2) is 47.3 Å². The van der Waals surface area contributed by atoms with Crippen LogP contribution in [0.1, 0.15) is 47.4 Å². The third-order valence-corrected chi connectivity index (χ3v) is 6.82. The first kappa shape index (κ1) is 40.7. The molecule has 2 amide bonds. The molecule has 19 heteroatoms. The van der Waals surface area contributed by atoms with E-state index in [-0.39, 0.29) is 30.5 Å². The predicted octanol–water partition coefficient (Wildman–Crippen LogP) is 1.90. The normalized spacial score (nSPS) is 11.9. The summed E-state index contributed by atoms with van der Waals surface area (Å²) in [5.41, 5.74) is 1.92. The van der Waals surface area contributed by atoms with Crippen LogP contribution in [0.3, 0.4) is 0 Å². The highest BCUT2D eigenvalue weighted by Gasteiger charge is 2.38. The van der Waals surface area contributed by atoms with E-state index in [2.05, 4.69) is 26.5 Å². The maximum absolute atomic E-state index is 12.8. The minimum Gasteiger partial charge on any atom is -0.481 e. The van der Waals surface area contributed by atoms with Gasteiger partial charge in [0.1, 0.15) is 17.9 Å². The molecule has 16 nitrogen and oxygen atoms in total. The van der Waals surface area contributed by atoms with Crippen LogP contribution >= 0.6 is 0 Å². The monoisotopic (exact) mass is 719 g/mol. The number of aromatic nitrogens is 2. The van der Waals surface area contributed by atoms with Gasteiger partial charge in [0.2, 0.25) is 5.91 Å². The Bertz CT molecular complexity index is 1870. The Morgan fingerprint density at radius 3 is 2.02 bits per heavy atom. The van der Waals surface area contributed by atoms with E-state index in [1.165, 1.54) is 12.1 Å². The van der Waals surface area contributed by atoms with E-state index < -0.39 is 66.8 Å². The van der Waals surface area contributed by atoms with E-state index in [1.54, 1.807) is 31.2 Å². The zero-order chi connectivity index (χ0) is 38.5. The van der Waals surface area contributed by atoms with Gasteiger partial charge in [0.05, 0.1) is 17.4 Å². The quantitative estimate of drug-likeness (QED) is 0.111. The number of terminal acetylenes is 1. The third-order valence-electron chi connectivity index (χ3n) is 6.82. The van der Waals surface area contributed by atoms with Crippen molar-refractivity contribution in [2.24, 2.45) is 0 Å². The number of nitrogens with one attached hydrogen (secondary N) is 3. The predicted molar refractivity (Wildman–Crippen MR) is 172 cm³/mol. The molecule has 0 fully saturated rings. The highest BCUT2D eigenvalue weighted by Crippen LogP contribution is 2.20. The fourth-order valence-corrected chi connectivity index (χ4v) is 4.36. The van der Waals surface area contributed by atoms with Crippen LogP contribution in [-0.4, -0.2) is 90.9 Å². The van der Waals surface area contributed by atoms with E-state index in [9.17, 15) is 52.2 Å². The summed E-state index contributed by atoms with van der Waals surface area (Å²) >= 11 is 0. The number of fused-ring (bicyclic) bond motifs is 1. The van der Waals surface area contributed by atoms with Gasteiger partial charge in [-0.1, -0.05) is 12.0 Å². The highest BCUT2D eigenvalue weighted by molar-refractivity contribution is 5.97.